The second-order valence-electron chi connectivity index (χ2n) is 2.50. The molecule has 0 amide bonds. The first-order chi connectivity index (χ1) is 5.63. The minimum Gasteiger partial charge on any atom is -0.480 e. The minimum atomic E-state index is -0.757. The summed E-state index contributed by atoms with van der Waals surface area (Å²) in [4.78, 5) is 10.9. The molecule has 0 atom stereocenters. The van der Waals surface area contributed by atoms with Crippen LogP contribution in [0, 0.1) is 12.3 Å². The van der Waals surface area contributed by atoms with Crippen LogP contribution in [0.15, 0.2) is 0 Å². The molecule has 0 unspecified atom stereocenters. The first kappa shape index (κ1) is 11.4. The number of carboxylic acids is 1. The standard InChI is InChI=1S/C9H14O2S/c1-4-7-12-9(5-2,6-3)8(10)11/h1H,5-7H2,2-3H3,(H,10,11). The van der Waals surface area contributed by atoms with E-state index in [1.165, 1.54) is 11.8 Å². The van der Waals surface area contributed by atoms with E-state index in [-0.39, 0.29) is 0 Å². The van der Waals surface area contributed by atoms with Crippen LogP contribution in [0.1, 0.15) is 26.7 Å². The fraction of sp³-hybridized carbons (Fsp3) is 0.667. The summed E-state index contributed by atoms with van der Waals surface area (Å²) in [7, 11) is 0. The van der Waals surface area contributed by atoms with Crippen molar-refractivity contribution in [3.8, 4) is 12.3 Å². The molecule has 0 saturated heterocycles. The van der Waals surface area contributed by atoms with E-state index in [0.29, 0.717) is 18.6 Å². The van der Waals surface area contributed by atoms with Gasteiger partial charge in [0.2, 0.25) is 0 Å². The summed E-state index contributed by atoms with van der Waals surface area (Å²) in [5.41, 5.74) is 0. The summed E-state index contributed by atoms with van der Waals surface area (Å²) in [5, 5.41) is 8.96. The molecule has 0 aromatic heterocycles. The molecule has 0 bridgehead atoms. The molecule has 0 fully saturated rings. The van der Waals surface area contributed by atoms with Gasteiger partial charge in [0, 0.05) is 0 Å². The van der Waals surface area contributed by atoms with Gasteiger partial charge in [0.15, 0.2) is 0 Å². The number of hydrogen-bond donors (Lipinski definition) is 1. The van der Waals surface area contributed by atoms with Crippen molar-refractivity contribution >= 4 is 17.7 Å². The van der Waals surface area contributed by atoms with Crippen LogP contribution in [0.25, 0.3) is 0 Å². The van der Waals surface area contributed by atoms with E-state index in [9.17, 15) is 4.79 Å². The molecule has 0 heterocycles. The second-order valence-corrected chi connectivity index (χ2v) is 3.86. The van der Waals surface area contributed by atoms with Crippen LogP contribution in [0.5, 0.6) is 0 Å². The molecular formula is C9H14O2S. The van der Waals surface area contributed by atoms with Gasteiger partial charge in [-0.05, 0) is 12.8 Å². The van der Waals surface area contributed by atoms with Gasteiger partial charge in [-0.3, -0.25) is 4.79 Å². The highest BCUT2D eigenvalue weighted by atomic mass is 32.2. The van der Waals surface area contributed by atoms with Crippen LogP contribution >= 0.6 is 11.8 Å². The highest BCUT2D eigenvalue weighted by Gasteiger charge is 2.34. The molecule has 1 N–H and O–H groups in total. The highest BCUT2D eigenvalue weighted by molar-refractivity contribution is 8.01. The Bertz CT molecular complexity index is 189. The Morgan fingerprint density at radius 1 is 1.58 bits per heavy atom. The fourth-order valence-corrected chi connectivity index (χ4v) is 1.89. The number of hydrogen-bond acceptors (Lipinski definition) is 2. The molecule has 0 radical (unpaired) electrons. The average molecular weight is 186 g/mol. The fourth-order valence-electron chi connectivity index (χ4n) is 0.998. The summed E-state index contributed by atoms with van der Waals surface area (Å²) < 4.78 is -0.674. The molecule has 3 heteroatoms. The molecule has 0 saturated carbocycles. The van der Waals surface area contributed by atoms with E-state index in [1.54, 1.807) is 0 Å². The van der Waals surface area contributed by atoms with Gasteiger partial charge in [0.1, 0.15) is 4.75 Å². The van der Waals surface area contributed by atoms with Gasteiger partial charge in [-0.15, -0.1) is 18.2 Å². The van der Waals surface area contributed by atoms with Crippen molar-refractivity contribution in [3.63, 3.8) is 0 Å². The van der Waals surface area contributed by atoms with Crippen molar-refractivity contribution < 1.29 is 9.90 Å². The number of aliphatic carboxylic acids is 1. The Hall–Kier alpha value is -0.620. The van der Waals surface area contributed by atoms with Gasteiger partial charge in [-0.2, -0.15) is 0 Å². The molecule has 0 spiro atoms. The Morgan fingerprint density at radius 3 is 2.33 bits per heavy atom. The third-order valence-electron chi connectivity index (χ3n) is 1.96. The van der Waals surface area contributed by atoms with Crippen LogP contribution in [-0.4, -0.2) is 21.6 Å². The number of terminal acetylenes is 1. The van der Waals surface area contributed by atoms with Crippen molar-refractivity contribution in [2.24, 2.45) is 0 Å². The van der Waals surface area contributed by atoms with Crippen molar-refractivity contribution in [3.05, 3.63) is 0 Å². The van der Waals surface area contributed by atoms with Crippen LogP contribution < -0.4 is 0 Å². The van der Waals surface area contributed by atoms with Crippen molar-refractivity contribution in [1.82, 2.24) is 0 Å². The van der Waals surface area contributed by atoms with Crippen LogP contribution in [-0.2, 0) is 4.79 Å². The maximum absolute atomic E-state index is 10.9. The van der Waals surface area contributed by atoms with Crippen molar-refractivity contribution in [2.45, 2.75) is 31.4 Å². The van der Waals surface area contributed by atoms with Gasteiger partial charge < -0.3 is 5.11 Å². The Morgan fingerprint density at radius 2 is 2.08 bits per heavy atom. The molecule has 2 nitrogen and oxygen atoms in total. The van der Waals surface area contributed by atoms with E-state index in [0.717, 1.165) is 0 Å². The number of carboxylic acid groups (broad SMARTS) is 1. The Balaban J connectivity index is 4.38. The van der Waals surface area contributed by atoms with Gasteiger partial charge in [0.25, 0.3) is 0 Å². The van der Waals surface area contributed by atoms with Gasteiger partial charge in [-0.1, -0.05) is 19.8 Å². The molecule has 0 rings (SSSR count). The largest absolute Gasteiger partial charge is 0.480 e. The lowest BCUT2D eigenvalue weighted by Gasteiger charge is -2.24. The molecular weight excluding hydrogens is 172 g/mol. The summed E-state index contributed by atoms with van der Waals surface area (Å²) >= 11 is 1.34. The molecule has 68 valence electrons. The highest BCUT2D eigenvalue weighted by Crippen LogP contribution is 2.32. The molecule has 0 aromatic rings. The second kappa shape index (κ2) is 5.10. The smallest absolute Gasteiger partial charge is 0.319 e. The first-order valence-electron chi connectivity index (χ1n) is 3.93. The molecule has 0 aliphatic heterocycles. The Kier molecular flexibility index (Phi) is 4.84. The predicted molar refractivity (Wildman–Crippen MR) is 52.2 cm³/mol. The number of thioether (sulfide) groups is 1. The van der Waals surface area contributed by atoms with Crippen molar-refractivity contribution in [1.29, 1.82) is 0 Å². The molecule has 0 aliphatic rings. The van der Waals surface area contributed by atoms with Crippen LogP contribution in [0.2, 0.25) is 0 Å². The van der Waals surface area contributed by atoms with E-state index < -0.39 is 10.7 Å². The summed E-state index contributed by atoms with van der Waals surface area (Å²) in [6.07, 6.45) is 6.31. The zero-order chi connectivity index (χ0) is 9.61. The summed E-state index contributed by atoms with van der Waals surface area (Å²) in [5.74, 6) is 2.16. The first-order valence-corrected chi connectivity index (χ1v) is 4.92. The maximum atomic E-state index is 10.9. The monoisotopic (exact) mass is 186 g/mol. The van der Waals surface area contributed by atoms with E-state index >= 15 is 0 Å². The van der Waals surface area contributed by atoms with Crippen LogP contribution in [0.3, 0.4) is 0 Å². The van der Waals surface area contributed by atoms with E-state index in [1.807, 2.05) is 13.8 Å². The summed E-state index contributed by atoms with van der Waals surface area (Å²) in [6.45, 7) is 3.75. The number of rotatable bonds is 5. The topological polar surface area (TPSA) is 37.3 Å². The quantitative estimate of drug-likeness (QED) is 0.667. The van der Waals surface area contributed by atoms with Crippen LogP contribution in [0.4, 0.5) is 0 Å². The predicted octanol–water partition coefficient (Wildman–Crippen LogP) is 2.00. The lowest BCUT2D eigenvalue weighted by Crippen LogP contribution is -2.33. The zero-order valence-corrected chi connectivity index (χ0v) is 8.28. The van der Waals surface area contributed by atoms with Gasteiger partial charge in [0.05, 0.1) is 5.75 Å². The van der Waals surface area contributed by atoms with E-state index in [4.69, 9.17) is 11.5 Å². The molecule has 12 heavy (non-hydrogen) atoms. The third kappa shape index (κ3) is 2.46. The molecule has 0 aromatic carbocycles. The summed E-state index contributed by atoms with van der Waals surface area (Å²) in [6, 6.07) is 0. The van der Waals surface area contributed by atoms with Crippen molar-refractivity contribution in [2.75, 3.05) is 5.75 Å². The third-order valence-corrected chi connectivity index (χ3v) is 3.58. The average Bonchev–Trinajstić information content (AvgIpc) is 2.07. The van der Waals surface area contributed by atoms with E-state index in [2.05, 4.69) is 5.92 Å². The maximum Gasteiger partial charge on any atom is 0.319 e. The SMILES string of the molecule is C#CCSC(CC)(CC)C(=O)O. The molecule has 0 aliphatic carbocycles. The minimum absolute atomic E-state index is 0.466. The van der Waals surface area contributed by atoms with Gasteiger partial charge >= 0.3 is 5.97 Å². The lowest BCUT2D eigenvalue weighted by molar-refractivity contribution is -0.140. The normalized spacial score (nSPS) is 10.8. The zero-order valence-electron chi connectivity index (χ0n) is 7.46. The lowest BCUT2D eigenvalue weighted by atomic mass is 10.0. The van der Waals surface area contributed by atoms with Gasteiger partial charge in [-0.25, -0.2) is 0 Å². The Labute approximate surface area is 77.7 Å². The number of carbonyl (C=O) groups is 1.